The fourth-order valence-electron chi connectivity index (χ4n) is 3.32. The number of nitrogens with zero attached hydrogens (tertiary/aromatic N) is 1. The Labute approximate surface area is 233 Å². The Balaban J connectivity index is 1.38. The standard InChI is InChI=1S/C29H22ClFN4O3S/c30-24-16-22(10-13-25(24)31)33-27(36)18-39-23-11-8-21(9-12-23)34-29(38)26(15-19-5-4-14-32-17-19)35-28(37)20-6-2-1-3-7-20/h1-17H,18H2,(H,33,36)(H,34,38)(H,35,37)/b26-15-. The van der Waals surface area contributed by atoms with Crippen molar-refractivity contribution in [2.75, 3.05) is 16.4 Å². The van der Waals surface area contributed by atoms with E-state index in [9.17, 15) is 18.8 Å². The molecule has 0 saturated heterocycles. The molecule has 0 radical (unpaired) electrons. The minimum Gasteiger partial charge on any atom is -0.325 e. The largest absolute Gasteiger partial charge is 0.325 e. The SMILES string of the molecule is O=C(CSc1ccc(NC(=O)/C(=C/c2cccnc2)NC(=O)c2ccccc2)cc1)Nc1ccc(F)c(Cl)c1. The van der Waals surface area contributed by atoms with E-state index >= 15 is 0 Å². The molecule has 196 valence electrons. The number of nitrogens with one attached hydrogen (secondary N) is 3. The van der Waals surface area contributed by atoms with Crippen molar-refractivity contribution in [3.63, 3.8) is 0 Å². The van der Waals surface area contributed by atoms with Crippen molar-refractivity contribution in [1.29, 1.82) is 0 Å². The molecule has 0 aliphatic carbocycles. The monoisotopic (exact) mass is 560 g/mol. The maximum Gasteiger partial charge on any atom is 0.272 e. The van der Waals surface area contributed by atoms with Crippen LogP contribution in [0.4, 0.5) is 15.8 Å². The average molecular weight is 561 g/mol. The van der Waals surface area contributed by atoms with Gasteiger partial charge in [-0.05, 0) is 72.3 Å². The number of pyridine rings is 1. The predicted octanol–water partition coefficient (Wildman–Crippen LogP) is 6.01. The molecule has 1 aromatic heterocycles. The first kappa shape index (κ1) is 27.6. The molecule has 39 heavy (non-hydrogen) atoms. The van der Waals surface area contributed by atoms with Gasteiger partial charge in [-0.3, -0.25) is 19.4 Å². The van der Waals surface area contributed by atoms with E-state index in [1.807, 2.05) is 0 Å². The molecule has 3 amide bonds. The number of benzene rings is 3. The van der Waals surface area contributed by atoms with Crippen LogP contribution in [-0.4, -0.2) is 28.5 Å². The summed E-state index contributed by atoms with van der Waals surface area (Å²) in [6.07, 6.45) is 4.73. The number of carbonyl (C=O) groups is 3. The summed E-state index contributed by atoms with van der Waals surface area (Å²) in [4.78, 5) is 42.9. The lowest BCUT2D eigenvalue weighted by Crippen LogP contribution is -2.30. The molecule has 3 aromatic carbocycles. The highest BCUT2D eigenvalue weighted by Crippen LogP contribution is 2.23. The van der Waals surface area contributed by atoms with Gasteiger partial charge in [0.05, 0.1) is 10.8 Å². The van der Waals surface area contributed by atoms with Crippen LogP contribution in [0, 0.1) is 5.82 Å². The number of hydrogen-bond donors (Lipinski definition) is 3. The first-order valence-corrected chi connectivity index (χ1v) is 13.0. The number of hydrogen-bond acceptors (Lipinski definition) is 5. The Morgan fingerprint density at radius 2 is 1.64 bits per heavy atom. The summed E-state index contributed by atoms with van der Waals surface area (Å²) in [6, 6.07) is 22.9. The number of aromatic nitrogens is 1. The van der Waals surface area contributed by atoms with Gasteiger partial charge in [0.1, 0.15) is 11.5 Å². The van der Waals surface area contributed by atoms with Crippen molar-refractivity contribution < 1.29 is 18.8 Å². The minimum atomic E-state index is -0.561. The van der Waals surface area contributed by atoms with Crippen LogP contribution in [0.25, 0.3) is 6.08 Å². The smallest absolute Gasteiger partial charge is 0.272 e. The zero-order chi connectivity index (χ0) is 27.6. The average Bonchev–Trinajstić information content (AvgIpc) is 2.95. The van der Waals surface area contributed by atoms with E-state index in [1.54, 1.807) is 85.2 Å². The maximum atomic E-state index is 13.3. The first-order chi connectivity index (χ1) is 18.9. The van der Waals surface area contributed by atoms with E-state index in [0.717, 1.165) is 4.90 Å². The molecular formula is C29H22ClFN4O3S. The highest BCUT2D eigenvalue weighted by molar-refractivity contribution is 8.00. The van der Waals surface area contributed by atoms with E-state index in [0.29, 0.717) is 22.5 Å². The van der Waals surface area contributed by atoms with Gasteiger partial charge >= 0.3 is 0 Å². The van der Waals surface area contributed by atoms with Gasteiger partial charge < -0.3 is 16.0 Å². The van der Waals surface area contributed by atoms with Gasteiger partial charge in [-0.25, -0.2) is 4.39 Å². The molecule has 0 bridgehead atoms. The summed E-state index contributed by atoms with van der Waals surface area (Å²) in [5.74, 6) is -1.66. The van der Waals surface area contributed by atoms with Crippen molar-refractivity contribution in [1.82, 2.24) is 10.3 Å². The van der Waals surface area contributed by atoms with Gasteiger partial charge in [-0.15, -0.1) is 11.8 Å². The second kappa shape index (κ2) is 13.4. The molecule has 7 nitrogen and oxygen atoms in total. The Hall–Kier alpha value is -4.47. The fourth-order valence-corrected chi connectivity index (χ4v) is 4.20. The Morgan fingerprint density at radius 3 is 2.33 bits per heavy atom. The molecule has 3 N–H and O–H groups in total. The van der Waals surface area contributed by atoms with Crippen LogP contribution in [-0.2, 0) is 9.59 Å². The number of thioether (sulfide) groups is 1. The zero-order valence-corrected chi connectivity index (χ0v) is 21.9. The number of carbonyl (C=O) groups excluding carboxylic acids is 3. The summed E-state index contributed by atoms with van der Waals surface area (Å²) in [7, 11) is 0. The fraction of sp³-hybridized carbons (Fsp3) is 0.0345. The third kappa shape index (κ3) is 8.26. The van der Waals surface area contributed by atoms with Crippen LogP contribution < -0.4 is 16.0 Å². The van der Waals surface area contributed by atoms with E-state index in [-0.39, 0.29) is 22.4 Å². The Bertz CT molecular complexity index is 1500. The van der Waals surface area contributed by atoms with Gasteiger partial charge in [0.25, 0.3) is 11.8 Å². The molecule has 0 atom stereocenters. The Morgan fingerprint density at radius 1 is 0.897 bits per heavy atom. The molecule has 1 heterocycles. The van der Waals surface area contributed by atoms with E-state index in [2.05, 4.69) is 20.9 Å². The molecule has 4 aromatic rings. The normalized spacial score (nSPS) is 11.0. The third-order valence-corrected chi connectivity index (χ3v) is 6.51. The van der Waals surface area contributed by atoms with Crippen molar-refractivity contribution >= 4 is 58.5 Å². The number of amides is 3. The summed E-state index contributed by atoms with van der Waals surface area (Å²) in [5, 5.41) is 8.05. The first-order valence-electron chi connectivity index (χ1n) is 11.6. The second-order valence-corrected chi connectivity index (χ2v) is 9.56. The molecule has 0 aliphatic rings. The van der Waals surface area contributed by atoms with Crippen LogP contribution in [0.3, 0.4) is 0 Å². The number of rotatable bonds is 9. The summed E-state index contributed by atoms with van der Waals surface area (Å²) in [5.41, 5.74) is 2.01. The molecule has 0 fully saturated rings. The van der Waals surface area contributed by atoms with Crippen molar-refractivity contribution in [3.05, 3.63) is 125 Å². The topological polar surface area (TPSA) is 100 Å². The molecule has 4 rings (SSSR count). The molecule has 10 heteroatoms. The number of halogens is 2. The van der Waals surface area contributed by atoms with E-state index in [4.69, 9.17) is 11.6 Å². The lowest BCUT2D eigenvalue weighted by molar-refractivity contribution is -0.114. The van der Waals surface area contributed by atoms with Gasteiger partial charge in [0.2, 0.25) is 5.91 Å². The lowest BCUT2D eigenvalue weighted by Gasteiger charge is -2.12. The predicted molar refractivity (Wildman–Crippen MR) is 152 cm³/mol. The molecule has 0 unspecified atom stereocenters. The van der Waals surface area contributed by atoms with Gasteiger partial charge in [-0.1, -0.05) is 35.9 Å². The summed E-state index contributed by atoms with van der Waals surface area (Å²) >= 11 is 7.04. The van der Waals surface area contributed by atoms with E-state index in [1.165, 1.54) is 30.0 Å². The Kier molecular flexibility index (Phi) is 9.44. The van der Waals surface area contributed by atoms with Crippen LogP contribution >= 0.6 is 23.4 Å². The molecule has 0 saturated carbocycles. The molecule has 0 spiro atoms. The number of anilines is 2. The second-order valence-electron chi connectivity index (χ2n) is 8.11. The zero-order valence-electron chi connectivity index (χ0n) is 20.4. The highest BCUT2D eigenvalue weighted by Gasteiger charge is 2.15. The quantitative estimate of drug-likeness (QED) is 0.172. The van der Waals surface area contributed by atoms with Gasteiger partial charge in [-0.2, -0.15) is 0 Å². The van der Waals surface area contributed by atoms with Gasteiger partial charge in [0.15, 0.2) is 0 Å². The summed E-state index contributed by atoms with van der Waals surface area (Å²) in [6.45, 7) is 0. The maximum absolute atomic E-state index is 13.3. The van der Waals surface area contributed by atoms with E-state index < -0.39 is 17.6 Å². The lowest BCUT2D eigenvalue weighted by atomic mass is 10.2. The molecular weight excluding hydrogens is 539 g/mol. The van der Waals surface area contributed by atoms with Crippen LogP contribution in [0.5, 0.6) is 0 Å². The van der Waals surface area contributed by atoms with Crippen molar-refractivity contribution in [2.45, 2.75) is 4.90 Å². The van der Waals surface area contributed by atoms with Crippen LogP contribution in [0.2, 0.25) is 5.02 Å². The van der Waals surface area contributed by atoms with Crippen LogP contribution in [0.15, 0.2) is 108 Å². The molecule has 0 aliphatic heterocycles. The van der Waals surface area contributed by atoms with Gasteiger partial charge in [0, 0.05) is 34.2 Å². The summed E-state index contributed by atoms with van der Waals surface area (Å²) < 4.78 is 13.3. The van der Waals surface area contributed by atoms with Crippen molar-refractivity contribution in [3.8, 4) is 0 Å². The third-order valence-electron chi connectivity index (χ3n) is 5.21. The van der Waals surface area contributed by atoms with Crippen LogP contribution in [0.1, 0.15) is 15.9 Å². The minimum absolute atomic E-state index is 0.0490. The van der Waals surface area contributed by atoms with Crippen molar-refractivity contribution in [2.24, 2.45) is 0 Å². The highest BCUT2D eigenvalue weighted by atomic mass is 35.5.